The molecule has 0 atom stereocenters. The smallest absolute Gasteiger partial charge is 0.226 e. The minimum absolute atomic E-state index is 0.292. The third kappa shape index (κ3) is 1.08. The molecule has 0 spiro atoms. The van der Waals surface area contributed by atoms with E-state index < -0.39 is 0 Å². The average molecular weight is 207 g/mol. The van der Waals surface area contributed by atoms with Crippen molar-refractivity contribution in [2.75, 3.05) is 0 Å². The fourth-order valence-electron chi connectivity index (χ4n) is 0.741. The summed E-state index contributed by atoms with van der Waals surface area (Å²) in [5, 5.41) is 3.92. The Morgan fingerprint density at radius 2 is 2.30 bits per heavy atom. The summed E-state index contributed by atoms with van der Waals surface area (Å²) in [4.78, 5) is 0. The Morgan fingerprint density at radius 1 is 1.70 bits per heavy atom. The van der Waals surface area contributed by atoms with Crippen LogP contribution in [0.2, 0.25) is 0 Å². The summed E-state index contributed by atoms with van der Waals surface area (Å²) in [6.07, 6.45) is 0. The number of aromatic nitrogens is 2. The molecule has 56 valence electrons. The van der Waals surface area contributed by atoms with Crippen LogP contribution in [-0.4, -0.2) is 9.78 Å². The van der Waals surface area contributed by atoms with Crippen molar-refractivity contribution in [3.8, 4) is 0 Å². The molecular weight excluding hydrogens is 199 g/mol. The van der Waals surface area contributed by atoms with Gasteiger partial charge >= 0.3 is 0 Å². The van der Waals surface area contributed by atoms with Crippen molar-refractivity contribution >= 4 is 15.9 Å². The van der Waals surface area contributed by atoms with Crippen molar-refractivity contribution in [1.82, 2.24) is 9.78 Å². The first-order chi connectivity index (χ1) is 4.66. The summed E-state index contributed by atoms with van der Waals surface area (Å²) >= 11 is 3.08. The zero-order chi connectivity index (χ0) is 7.72. The maximum absolute atomic E-state index is 12.9. The number of aryl methyl sites for hydroxylation is 2. The third-order valence-electron chi connectivity index (χ3n) is 1.30. The monoisotopic (exact) mass is 206 g/mol. The molecule has 0 bridgehead atoms. The van der Waals surface area contributed by atoms with E-state index in [-0.39, 0.29) is 5.95 Å². The van der Waals surface area contributed by atoms with Crippen LogP contribution >= 0.6 is 15.9 Å². The van der Waals surface area contributed by atoms with E-state index >= 15 is 0 Å². The van der Waals surface area contributed by atoms with Crippen LogP contribution in [0.25, 0.3) is 0 Å². The van der Waals surface area contributed by atoms with E-state index in [0.717, 1.165) is 0 Å². The van der Waals surface area contributed by atoms with Crippen molar-refractivity contribution in [1.29, 1.82) is 0 Å². The molecular formula is C6H8BrFN2. The maximum atomic E-state index is 12.9. The van der Waals surface area contributed by atoms with Gasteiger partial charge in [0, 0.05) is 6.54 Å². The molecule has 0 saturated carbocycles. The first-order valence-corrected chi connectivity index (χ1v) is 3.84. The second kappa shape index (κ2) is 2.70. The van der Waals surface area contributed by atoms with Gasteiger partial charge in [-0.2, -0.15) is 9.49 Å². The van der Waals surface area contributed by atoms with Crippen LogP contribution < -0.4 is 0 Å². The third-order valence-corrected chi connectivity index (χ3v) is 2.20. The van der Waals surface area contributed by atoms with E-state index in [2.05, 4.69) is 21.0 Å². The van der Waals surface area contributed by atoms with Gasteiger partial charge in [0.1, 0.15) is 0 Å². The lowest BCUT2D eigenvalue weighted by molar-refractivity contribution is 0.467. The minimum atomic E-state index is -0.292. The van der Waals surface area contributed by atoms with E-state index in [9.17, 15) is 4.39 Å². The number of nitrogens with zero attached hydrogens (tertiary/aromatic N) is 2. The SMILES string of the molecule is CCn1nc(C)c(Br)c1F. The fraction of sp³-hybridized carbons (Fsp3) is 0.500. The van der Waals surface area contributed by atoms with E-state index in [1.807, 2.05) is 6.92 Å². The van der Waals surface area contributed by atoms with Gasteiger partial charge in [-0.05, 0) is 29.8 Å². The van der Waals surface area contributed by atoms with Gasteiger partial charge in [-0.25, -0.2) is 4.68 Å². The van der Waals surface area contributed by atoms with E-state index in [1.54, 1.807) is 6.92 Å². The Bertz CT molecular complexity index is 244. The summed E-state index contributed by atoms with van der Waals surface area (Å²) < 4.78 is 14.7. The first kappa shape index (κ1) is 7.72. The molecule has 0 aliphatic carbocycles. The van der Waals surface area contributed by atoms with Crippen molar-refractivity contribution in [3.05, 3.63) is 16.1 Å². The summed E-state index contributed by atoms with van der Waals surface area (Å²) in [7, 11) is 0. The highest BCUT2D eigenvalue weighted by Crippen LogP contribution is 2.18. The maximum Gasteiger partial charge on any atom is 0.226 e. The predicted molar refractivity (Wildman–Crippen MR) is 40.3 cm³/mol. The van der Waals surface area contributed by atoms with Crippen LogP contribution in [0.5, 0.6) is 0 Å². The molecule has 0 aliphatic heterocycles. The lowest BCUT2D eigenvalue weighted by atomic mass is 10.5. The molecule has 10 heavy (non-hydrogen) atoms. The summed E-state index contributed by atoms with van der Waals surface area (Å²) in [5.74, 6) is -0.292. The highest BCUT2D eigenvalue weighted by atomic mass is 79.9. The van der Waals surface area contributed by atoms with Crippen molar-refractivity contribution in [3.63, 3.8) is 0 Å². The van der Waals surface area contributed by atoms with Crippen LogP contribution in [0.3, 0.4) is 0 Å². The van der Waals surface area contributed by atoms with Gasteiger partial charge in [0.05, 0.1) is 10.2 Å². The Morgan fingerprint density at radius 3 is 2.50 bits per heavy atom. The molecule has 4 heteroatoms. The zero-order valence-corrected chi connectivity index (χ0v) is 7.44. The number of hydrogen-bond acceptors (Lipinski definition) is 1. The minimum Gasteiger partial charge on any atom is -0.239 e. The molecule has 0 saturated heterocycles. The predicted octanol–water partition coefficient (Wildman–Crippen LogP) is 2.11. The van der Waals surface area contributed by atoms with E-state index in [0.29, 0.717) is 16.7 Å². The first-order valence-electron chi connectivity index (χ1n) is 3.05. The Hall–Kier alpha value is -0.380. The van der Waals surface area contributed by atoms with Gasteiger partial charge in [-0.1, -0.05) is 0 Å². The van der Waals surface area contributed by atoms with Gasteiger partial charge < -0.3 is 0 Å². The number of hydrogen-bond donors (Lipinski definition) is 0. The molecule has 1 heterocycles. The Labute approximate surface area is 67.2 Å². The average Bonchev–Trinajstić information content (AvgIpc) is 2.17. The van der Waals surface area contributed by atoms with E-state index in [1.165, 1.54) is 4.68 Å². The molecule has 1 aromatic rings. The molecule has 0 aromatic carbocycles. The molecule has 0 N–H and O–H groups in total. The molecule has 0 amide bonds. The van der Waals surface area contributed by atoms with E-state index in [4.69, 9.17) is 0 Å². The van der Waals surface area contributed by atoms with Gasteiger partial charge in [-0.15, -0.1) is 0 Å². The molecule has 0 radical (unpaired) electrons. The van der Waals surface area contributed by atoms with Crippen LogP contribution in [0, 0.1) is 12.9 Å². The summed E-state index contributed by atoms with van der Waals surface area (Å²) in [6.45, 7) is 4.18. The van der Waals surface area contributed by atoms with Gasteiger partial charge in [0.25, 0.3) is 0 Å². The highest BCUT2D eigenvalue weighted by Gasteiger charge is 2.09. The zero-order valence-electron chi connectivity index (χ0n) is 5.86. The van der Waals surface area contributed by atoms with Crippen molar-refractivity contribution < 1.29 is 4.39 Å². The van der Waals surface area contributed by atoms with Crippen molar-refractivity contribution in [2.45, 2.75) is 20.4 Å². The quantitative estimate of drug-likeness (QED) is 0.689. The summed E-state index contributed by atoms with van der Waals surface area (Å²) in [6, 6.07) is 0. The number of rotatable bonds is 1. The molecule has 2 nitrogen and oxygen atoms in total. The summed E-state index contributed by atoms with van der Waals surface area (Å²) in [5.41, 5.74) is 0.694. The largest absolute Gasteiger partial charge is 0.239 e. The van der Waals surface area contributed by atoms with Crippen LogP contribution in [0.4, 0.5) is 4.39 Å². The lowest BCUT2D eigenvalue weighted by Gasteiger charge is -1.92. The van der Waals surface area contributed by atoms with Crippen LogP contribution in [0.1, 0.15) is 12.6 Å². The lowest BCUT2D eigenvalue weighted by Crippen LogP contribution is -1.99. The Kier molecular flexibility index (Phi) is 2.08. The highest BCUT2D eigenvalue weighted by molar-refractivity contribution is 9.10. The standard InChI is InChI=1S/C6H8BrFN2/c1-3-10-6(8)5(7)4(2)9-10/h3H2,1-2H3. The Balaban J connectivity index is 3.17. The number of halogens is 2. The molecule has 1 rings (SSSR count). The second-order valence-corrected chi connectivity index (χ2v) is 2.80. The van der Waals surface area contributed by atoms with Crippen molar-refractivity contribution in [2.24, 2.45) is 0 Å². The second-order valence-electron chi connectivity index (χ2n) is 2.01. The van der Waals surface area contributed by atoms with Gasteiger partial charge in [0.15, 0.2) is 0 Å². The molecule has 0 aliphatic rings. The van der Waals surface area contributed by atoms with Crippen LogP contribution in [-0.2, 0) is 6.54 Å². The molecule has 1 aromatic heterocycles. The van der Waals surface area contributed by atoms with Gasteiger partial charge in [0.2, 0.25) is 5.95 Å². The molecule has 0 fully saturated rings. The fourth-order valence-corrected chi connectivity index (χ4v) is 1.02. The normalized spacial score (nSPS) is 10.4. The molecule has 0 unspecified atom stereocenters. The topological polar surface area (TPSA) is 17.8 Å². The van der Waals surface area contributed by atoms with Gasteiger partial charge in [-0.3, -0.25) is 0 Å². The van der Waals surface area contributed by atoms with Crippen LogP contribution in [0.15, 0.2) is 4.47 Å².